The SMILES string of the molecule is CSCCC1(C(=O)O)CCOc2ccccc21. The first-order chi connectivity index (χ1) is 8.20. The molecule has 3 nitrogen and oxygen atoms in total. The van der Waals surface area contributed by atoms with Gasteiger partial charge in [0.15, 0.2) is 0 Å². The number of benzene rings is 1. The summed E-state index contributed by atoms with van der Waals surface area (Å²) in [6.45, 7) is 0.484. The highest BCUT2D eigenvalue weighted by molar-refractivity contribution is 7.98. The molecular formula is C13H16O3S. The molecule has 0 radical (unpaired) electrons. The minimum absolute atomic E-state index is 0.484. The Balaban J connectivity index is 2.43. The molecule has 1 aliphatic rings. The molecule has 0 saturated carbocycles. The van der Waals surface area contributed by atoms with Gasteiger partial charge in [0.05, 0.1) is 6.61 Å². The second-order valence-electron chi connectivity index (χ2n) is 4.22. The van der Waals surface area contributed by atoms with E-state index in [4.69, 9.17) is 4.74 Å². The van der Waals surface area contributed by atoms with E-state index in [1.165, 1.54) is 0 Å². The van der Waals surface area contributed by atoms with Crippen LogP contribution in [0.5, 0.6) is 5.75 Å². The van der Waals surface area contributed by atoms with Gasteiger partial charge in [-0.25, -0.2) is 0 Å². The molecule has 0 aromatic heterocycles. The van der Waals surface area contributed by atoms with E-state index in [1.54, 1.807) is 11.8 Å². The predicted molar refractivity (Wildman–Crippen MR) is 68.9 cm³/mol. The van der Waals surface area contributed by atoms with Crippen LogP contribution in [0, 0.1) is 0 Å². The van der Waals surface area contributed by atoms with Crippen LogP contribution in [0.25, 0.3) is 0 Å². The number of fused-ring (bicyclic) bond motifs is 1. The van der Waals surface area contributed by atoms with Crippen LogP contribution in [0.2, 0.25) is 0 Å². The number of aliphatic carboxylic acids is 1. The van der Waals surface area contributed by atoms with Crippen molar-refractivity contribution in [1.29, 1.82) is 0 Å². The molecule has 1 unspecified atom stereocenters. The van der Waals surface area contributed by atoms with Crippen LogP contribution in [0.3, 0.4) is 0 Å². The maximum absolute atomic E-state index is 11.7. The molecule has 0 aliphatic carbocycles. The zero-order valence-corrected chi connectivity index (χ0v) is 10.6. The summed E-state index contributed by atoms with van der Waals surface area (Å²) in [7, 11) is 0. The Morgan fingerprint density at radius 1 is 1.53 bits per heavy atom. The molecular weight excluding hydrogens is 236 g/mol. The van der Waals surface area contributed by atoms with Gasteiger partial charge in [-0.15, -0.1) is 0 Å². The molecule has 17 heavy (non-hydrogen) atoms. The first kappa shape index (κ1) is 12.3. The molecule has 2 rings (SSSR count). The van der Waals surface area contributed by atoms with Crippen molar-refractivity contribution in [3.8, 4) is 5.75 Å². The first-order valence-corrected chi connectivity index (χ1v) is 7.05. The van der Waals surface area contributed by atoms with Crippen LogP contribution in [0.4, 0.5) is 0 Å². The van der Waals surface area contributed by atoms with Crippen LogP contribution < -0.4 is 4.74 Å². The number of hydrogen-bond acceptors (Lipinski definition) is 3. The van der Waals surface area contributed by atoms with E-state index in [-0.39, 0.29) is 0 Å². The number of hydrogen-bond donors (Lipinski definition) is 1. The van der Waals surface area contributed by atoms with Gasteiger partial charge >= 0.3 is 5.97 Å². The van der Waals surface area contributed by atoms with Crippen molar-refractivity contribution in [2.45, 2.75) is 18.3 Å². The Bertz CT molecular complexity index is 419. The van der Waals surface area contributed by atoms with Gasteiger partial charge < -0.3 is 9.84 Å². The lowest BCUT2D eigenvalue weighted by Gasteiger charge is -2.35. The summed E-state index contributed by atoms with van der Waals surface area (Å²) >= 11 is 1.68. The van der Waals surface area contributed by atoms with Crippen molar-refractivity contribution < 1.29 is 14.6 Å². The van der Waals surface area contributed by atoms with Crippen molar-refractivity contribution in [3.63, 3.8) is 0 Å². The van der Waals surface area contributed by atoms with Gasteiger partial charge in [-0.3, -0.25) is 4.79 Å². The predicted octanol–water partition coefficient (Wildman–Crippen LogP) is 2.54. The summed E-state index contributed by atoms with van der Waals surface area (Å²) in [5.74, 6) is 0.838. The smallest absolute Gasteiger partial charge is 0.314 e. The maximum atomic E-state index is 11.7. The molecule has 1 atom stereocenters. The molecule has 0 amide bonds. The Morgan fingerprint density at radius 2 is 2.29 bits per heavy atom. The Labute approximate surface area is 105 Å². The van der Waals surface area contributed by atoms with Gasteiger partial charge in [0.1, 0.15) is 11.2 Å². The summed E-state index contributed by atoms with van der Waals surface area (Å²) in [5, 5.41) is 9.60. The highest BCUT2D eigenvalue weighted by atomic mass is 32.2. The number of carboxylic acid groups (broad SMARTS) is 1. The zero-order chi connectivity index (χ0) is 12.3. The second-order valence-corrected chi connectivity index (χ2v) is 5.21. The molecule has 1 aromatic rings. The number of ether oxygens (including phenoxy) is 1. The molecule has 1 aromatic carbocycles. The number of carboxylic acids is 1. The Kier molecular flexibility index (Phi) is 3.62. The zero-order valence-electron chi connectivity index (χ0n) is 9.81. The lowest BCUT2D eigenvalue weighted by atomic mass is 9.74. The molecule has 1 aliphatic heterocycles. The molecule has 4 heteroatoms. The molecule has 0 bridgehead atoms. The quantitative estimate of drug-likeness (QED) is 0.894. The number of carbonyl (C=O) groups is 1. The number of rotatable bonds is 4. The summed E-state index contributed by atoms with van der Waals surface area (Å²) < 4.78 is 5.54. The third-order valence-corrected chi connectivity index (χ3v) is 3.94. The third kappa shape index (κ3) is 2.14. The topological polar surface area (TPSA) is 46.5 Å². The molecule has 0 saturated heterocycles. The Morgan fingerprint density at radius 3 is 3.00 bits per heavy atom. The van der Waals surface area contributed by atoms with Crippen LogP contribution in [-0.4, -0.2) is 29.7 Å². The van der Waals surface area contributed by atoms with Crippen LogP contribution in [0.1, 0.15) is 18.4 Å². The van der Waals surface area contributed by atoms with Crippen LogP contribution in [0.15, 0.2) is 24.3 Å². The summed E-state index contributed by atoms with van der Waals surface area (Å²) in [5.41, 5.74) is 0.0606. The lowest BCUT2D eigenvalue weighted by Crippen LogP contribution is -2.41. The van der Waals surface area contributed by atoms with E-state index in [0.717, 1.165) is 17.1 Å². The van der Waals surface area contributed by atoms with Gasteiger partial charge in [0.25, 0.3) is 0 Å². The van der Waals surface area contributed by atoms with E-state index in [1.807, 2.05) is 30.5 Å². The summed E-state index contributed by atoms with van der Waals surface area (Å²) in [6.07, 6.45) is 3.21. The number of para-hydroxylation sites is 1. The van der Waals surface area contributed by atoms with E-state index in [2.05, 4.69) is 0 Å². The monoisotopic (exact) mass is 252 g/mol. The fraction of sp³-hybridized carbons (Fsp3) is 0.462. The standard InChI is InChI=1S/C13H16O3S/c1-17-9-7-13(12(14)15)6-8-16-11-5-3-2-4-10(11)13/h2-5H,6-9H2,1H3,(H,14,15). The van der Waals surface area contributed by atoms with Crippen molar-refractivity contribution in [1.82, 2.24) is 0 Å². The highest BCUT2D eigenvalue weighted by Gasteiger charge is 2.43. The van der Waals surface area contributed by atoms with Crippen LogP contribution in [-0.2, 0) is 10.2 Å². The first-order valence-electron chi connectivity index (χ1n) is 5.65. The van der Waals surface area contributed by atoms with Gasteiger partial charge in [0.2, 0.25) is 0 Å². The van der Waals surface area contributed by atoms with E-state index >= 15 is 0 Å². The molecule has 0 fully saturated rings. The van der Waals surface area contributed by atoms with Crippen molar-refractivity contribution in [2.24, 2.45) is 0 Å². The second kappa shape index (κ2) is 5.00. The van der Waals surface area contributed by atoms with E-state index in [0.29, 0.717) is 19.4 Å². The van der Waals surface area contributed by atoms with E-state index < -0.39 is 11.4 Å². The normalized spacial score (nSPS) is 22.6. The van der Waals surface area contributed by atoms with Gasteiger partial charge in [-0.1, -0.05) is 18.2 Å². The largest absolute Gasteiger partial charge is 0.493 e. The number of thioether (sulfide) groups is 1. The Hall–Kier alpha value is -1.16. The van der Waals surface area contributed by atoms with Gasteiger partial charge in [-0.05, 0) is 24.5 Å². The fourth-order valence-corrected chi connectivity index (χ4v) is 2.88. The third-order valence-electron chi connectivity index (χ3n) is 3.33. The van der Waals surface area contributed by atoms with Gasteiger partial charge in [0, 0.05) is 12.0 Å². The van der Waals surface area contributed by atoms with Crippen LogP contribution >= 0.6 is 11.8 Å². The average molecular weight is 252 g/mol. The summed E-state index contributed by atoms with van der Waals surface area (Å²) in [4.78, 5) is 11.7. The molecule has 1 N–H and O–H groups in total. The minimum Gasteiger partial charge on any atom is -0.493 e. The lowest BCUT2D eigenvalue weighted by molar-refractivity contribution is -0.145. The van der Waals surface area contributed by atoms with Crippen molar-refractivity contribution >= 4 is 17.7 Å². The maximum Gasteiger partial charge on any atom is 0.314 e. The molecule has 92 valence electrons. The van der Waals surface area contributed by atoms with Crippen molar-refractivity contribution in [3.05, 3.63) is 29.8 Å². The molecule has 0 spiro atoms. The van der Waals surface area contributed by atoms with E-state index in [9.17, 15) is 9.90 Å². The summed E-state index contributed by atoms with van der Waals surface area (Å²) in [6, 6.07) is 7.49. The van der Waals surface area contributed by atoms with Crippen molar-refractivity contribution in [2.75, 3.05) is 18.6 Å². The fourth-order valence-electron chi connectivity index (χ4n) is 2.32. The highest BCUT2D eigenvalue weighted by Crippen LogP contribution is 2.41. The minimum atomic E-state index is -0.766. The van der Waals surface area contributed by atoms with Gasteiger partial charge in [-0.2, -0.15) is 11.8 Å². The molecule has 1 heterocycles. The average Bonchev–Trinajstić information content (AvgIpc) is 2.36.